The van der Waals surface area contributed by atoms with Gasteiger partial charge in [0.15, 0.2) is 5.58 Å². The average molecular weight is 259 g/mol. The Morgan fingerprint density at radius 1 is 1.22 bits per heavy atom. The molecule has 0 unspecified atom stereocenters. The van der Waals surface area contributed by atoms with Crippen LogP contribution in [0.15, 0.2) is 40.8 Å². The molecule has 0 bridgehead atoms. The number of nitrogens with zero attached hydrogens (tertiary/aromatic N) is 1. The topological polar surface area (TPSA) is 52.0 Å². The number of oxazole rings is 1. The first-order valence-corrected chi connectivity index (χ1v) is 5.94. The van der Waals surface area contributed by atoms with Crippen LogP contribution in [0.4, 0.5) is 5.69 Å². The Morgan fingerprint density at radius 3 is 2.89 bits per heavy atom. The number of benzene rings is 2. The summed E-state index contributed by atoms with van der Waals surface area (Å²) in [5.41, 5.74) is 9.85. The van der Waals surface area contributed by atoms with E-state index < -0.39 is 0 Å². The molecule has 2 aromatic carbocycles. The first kappa shape index (κ1) is 11.1. The summed E-state index contributed by atoms with van der Waals surface area (Å²) in [4.78, 5) is 4.44. The standard InChI is InChI=1S/C14H11ClN2O/c1-8-5-6-12-11(7-8)17-14(18-12)9-3-2-4-10(15)13(9)16/h2-7H,16H2,1H3. The van der Waals surface area contributed by atoms with Crippen LogP contribution in [0.1, 0.15) is 5.56 Å². The molecule has 0 saturated carbocycles. The smallest absolute Gasteiger partial charge is 0.229 e. The van der Waals surface area contributed by atoms with Gasteiger partial charge in [0.2, 0.25) is 5.89 Å². The van der Waals surface area contributed by atoms with Crippen LogP contribution in [0.2, 0.25) is 5.02 Å². The number of anilines is 1. The number of hydrogen-bond acceptors (Lipinski definition) is 3. The van der Waals surface area contributed by atoms with E-state index in [0.717, 1.165) is 22.2 Å². The molecule has 0 radical (unpaired) electrons. The zero-order chi connectivity index (χ0) is 12.7. The number of nitrogens with two attached hydrogens (primary N) is 1. The summed E-state index contributed by atoms with van der Waals surface area (Å²) < 4.78 is 5.70. The largest absolute Gasteiger partial charge is 0.436 e. The Labute approximate surface area is 109 Å². The van der Waals surface area contributed by atoms with Crippen LogP contribution in [0.25, 0.3) is 22.6 Å². The van der Waals surface area contributed by atoms with E-state index >= 15 is 0 Å². The van der Waals surface area contributed by atoms with Crippen LogP contribution >= 0.6 is 11.6 Å². The quantitative estimate of drug-likeness (QED) is 0.670. The molecule has 1 heterocycles. The zero-order valence-corrected chi connectivity index (χ0v) is 10.5. The van der Waals surface area contributed by atoms with Gasteiger partial charge < -0.3 is 10.2 Å². The van der Waals surface area contributed by atoms with Gasteiger partial charge in [-0.05, 0) is 36.8 Å². The lowest BCUT2D eigenvalue weighted by Gasteiger charge is -2.02. The maximum absolute atomic E-state index is 5.99. The fourth-order valence-electron chi connectivity index (χ4n) is 1.88. The van der Waals surface area contributed by atoms with Crippen LogP contribution in [0, 0.1) is 6.92 Å². The average Bonchev–Trinajstić information content (AvgIpc) is 2.75. The van der Waals surface area contributed by atoms with Gasteiger partial charge in [0.05, 0.1) is 16.3 Å². The van der Waals surface area contributed by atoms with Crippen LogP contribution in [0.5, 0.6) is 0 Å². The number of rotatable bonds is 1. The van der Waals surface area contributed by atoms with E-state index in [1.165, 1.54) is 0 Å². The molecule has 0 spiro atoms. The Kier molecular flexibility index (Phi) is 2.49. The molecule has 3 aromatic rings. The molecular formula is C14H11ClN2O. The van der Waals surface area contributed by atoms with E-state index in [9.17, 15) is 0 Å². The molecule has 0 aliphatic carbocycles. The summed E-state index contributed by atoms with van der Waals surface area (Å²) in [7, 11) is 0. The molecule has 18 heavy (non-hydrogen) atoms. The van der Waals surface area contributed by atoms with Crippen molar-refractivity contribution < 1.29 is 4.42 Å². The minimum Gasteiger partial charge on any atom is -0.436 e. The van der Waals surface area contributed by atoms with Gasteiger partial charge in [-0.1, -0.05) is 23.7 Å². The fourth-order valence-corrected chi connectivity index (χ4v) is 2.05. The van der Waals surface area contributed by atoms with Gasteiger partial charge in [0.1, 0.15) is 5.52 Å². The summed E-state index contributed by atoms with van der Waals surface area (Å²) >= 11 is 5.99. The van der Waals surface area contributed by atoms with Gasteiger partial charge in [-0.2, -0.15) is 0 Å². The molecule has 0 amide bonds. The number of para-hydroxylation sites is 1. The van der Waals surface area contributed by atoms with Gasteiger partial charge in [0.25, 0.3) is 0 Å². The van der Waals surface area contributed by atoms with Crippen LogP contribution in [-0.2, 0) is 0 Å². The fraction of sp³-hybridized carbons (Fsp3) is 0.0714. The molecule has 1 aromatic heterocycles. The SMILES string of the molecule is Cc1ccc2oc(-c3cccc(Cl)c3N)nc2c1. The van der Waals surface area contributed by atoms with E-state index in [1.807, 2.05) is 37.3 Å². The summed E-state index contributed by atoms with van der Waals surface area (Å²) in [6.07, 6.45) is 0. The lowest BCUT2D eigenvalue weighted by Crippen LogP contribution is -1.90. The molecule has 3 nitrogen and oxygen atoms in total. The highest BCUT2D eigenvalue weighted by atomic mass is 35.5. The summed E-state index contributed by atoms with van der Waals surface area (Å²) in [5, 5.41) is 0.505. The molecule has 0 fully saturated rings. The molecular weight excluding hydrogens is 248 g/mol. The van der Waals surface area contributed by atoms with Crippen LogP contribution in [0.3, 0.4) is 0 Å². The van der Waals surface area contributed by atoms with Gasteiger partial charge in [-0.25, -0.2) is 4.98 Å². The van der Waals surface area contributed by atoms with Crippen molar-refractivity contribution in [3.05, 3.63) is 47.0 Å². The van der Waals surface area contributed by atoms with Crippen molar-refractivity contribution in [2.45, 2.75) is 6.92 Å². The van der Waals surface area contributed by atoms with E-state index in [1.54, 1.807) is 6.07 Å². The molecule has 3 rings (SSSR count). The second-order valence-electron chi connectivity index (χ2n) is 4.19. The van der Waals surface area contributed by atoms with E-state index in [4.69, 9.17) is 21.8 Å². The molecule has 0 aliphatic rings. The van der Waals surface area contributed by atoms with Gasteiger partial charge in [-0.15, -0.1) is 0 Å². The van der Waals surface area contributed by atoms with E-state index in [-0.39, 0.29) is 0 Å². The Bertz CT molecular complexity index is 734. The number of aryl methyl sites for hydroxylation is 1. The molecule has 90 valence electrons. The Hall–Kier alpha value is -2.00. The summed E-state index contributed by atoms with van der Waals surface area (Å²) in [5.74, 6) is 0.496. The monoisotopic (exact) mass is 258 g/mol. The van der Waals surface area contributed by atoms with Gasteiger partial charge in [-0.3, -0.25) is 0 Å². The predicted molar refractivity (Wildman–Crippen MR) is 73.6 cm³/mol. The third-order valence-electron chi connectivity index (χ3n) is 2.83. The van der Waals surface area contributed by atoms with Gasteiger partial charge >= 0.3 is 0 Å². The lowest BCUT2D eigenvalue weighted by molar-refractivity contribution is 0.620. The molecule has 2 N–H and O–H groups in total. The highest BCUT2D eigenvalue weighted by Gasteiger charge is 2.12. The van der Waals surface area contributed by atoms with Crippen molar-refractivity contribution in [3.8, 4) is 11.5 Å². The lowest BCUT2D eigenvalue weighted by atomic mass is 10.2. The number of nitrogen functional groups attached to an aromatic ring is 1. The van der Waals surface area contributed by atoms with Crippen molar-refractivity contribution >= 4 is 28.4 Å². The first-order chi connectivity index (χ1) is 8.65. The highest BCUT2D eigenvalue weighted by molar-refractivity contribution is 6.33. The van der Waals surface area contributed by atoms with Crippen molar-refractivity contribution in [2.75, 3.05) is 5.73 Å². The molecule has 0 saturated heterocycles. The zero-order valence-electron chi connectivity index (χ0n) is 9.77. The van der Waals surface area contributed by atoms with Crippen LogP contribution in [-0.4, -0.2) is 4.98 Å². The van der Waals surface area contributed by atoms with E-state index in [2.05, 4.69) is 4.98 Å². The second kappa shape index (κ2) is 4.03. The maximum atomic E-state index is 5.99. The third-order valence-corrected chi connectivity index (χ3v) is 3.16. The summed E-state index contributed by atoms with van der Waals surface area (Å²) in [6, 6.07) is 11.3. The minimum atomic E-state index is 0.488. The van der Waals surface area contributed by atoms with Crippen molar-refractivity contribution in [1.29, 1.82) is 0 Å². The van der Waals surface area contributed by atoms with E-state index in [0.29, 0.717) is 16.6 Å². The van der Waals surface area contributed by atoms with Crippen LogP contribution < -0.4 is 5.73 Å². The predicted octanol–water partition coefficient (Wildman–Crippen LogP) is 4.04. The van der Waals surface area contributed by atoms with Crippen molar-refractivity contribution in [1.82, 2.24) is 4.98 Å². The molecule has 0 aliphatic heterocycles. The normalized spacial score (nSPS) is 11.0. The number of hydrogen-bond donors (Lipinski definition) is 1. The Morgan fingerprint density at radius 2 is 2.06 bits per heavy atom. The first-order valence-electron chi connectivity index (χ1n) is 5.57. The highest BCUT2D eigenvalue weighted by Crippen LogP contribution is 2.32. The maximum Gasteiger partial charge on any atom is 0.229 e. The number of aromatic nitrogens is 1. The molecule has 4 heteroatoms. The van der Waals surface area contributed by atoms with Crippen molar-refractivity contribution in [2.24, 2.45) is 0 Å². The van der Waals surface area contributed by atoms with Gasteiger partial charge in [0, 0.05) is 0 Å². The summed E-state index contributed by atoms with van der Waals surface area (Å²) in [6.45, 7) is 2.02. The number of fused-ring (bicyclic) bond motifs is 1. The minimum absolute atomic E-state index is 0.488. The number of halogens is 1. The Balaban J connectivity index is 2.22. The second-order valence-corrected chi connectivity index (χ2v) is 4.60. The molecule has 0 atom stereocenters. The third kappa shape index (κ3) is 1.73. The van der Waals surface area contributed by atoms with Crippen molar-refractivity contribution in [3.63, 3.8) is 0 Å².